The molecule has 0 unspecified atom stereocenters. The summed E-state index contributed by atoms with van der Waals surface area (Å²) >= 11 is 0. The Bertz CT molecular complexity index is 1030. The van der Waals surface area contributed by atoms with Crippen LogP contribution in [0.2, 0.25) is 0 Å². The normalized spacial score (nSPS) is 9.84. The molecule has 32 heavy (non-hydrogen) atoms. The number of aromatic nitrogens is 1. The number of hydrogen-bond donors (Lipinski definition) is 3. The molecular formula is C24H28FN5O2. The molecule has 0 aliphatic rings. The largest absolute Gasteiger partial charge is 0.428 e. The lowest BCUT2D eigenvalue weighted by Crippen LogP contribution is -2.19. The van der Waals surface area contributed by atoms with Crippen molar-refractivity contribution in [2.45, 2.75) is 26.7 Å². The summed E-state index contributed by atoms with van der Waals surface area (Å²) in [7, 11) is 0. The second-order valence-electron chi connectivity index (χ2n) is 6.81. The minimum Gasteiger partial charge on any atom is -0.428 e. The number of allylic oxidation sites excluding steroid dienone is 1. The topological polar surface area (TPSA) is 91.5 Å². The third kappa shape index (κ3) is 8.06. The van der Waals surface area contributed by atoms with Crippen LogP contribution in [-0.2, 0) is 6.42 Å². The lowest BCUT2D eigenvalue weighted by Gasteiger charge is -2.11. The zero-order valence-electron chi connectivity index (χ0n) is 18.3. The Hall–Kier alpha value is -3.94. The van der Waals surface area contributed by atoms with Crippen molar-refractivity contribution in [3.05, 3.63) is 78.5 Å². The molecule has 0 bridgehead atoms. The van der Waals surface area contributed by atoms with Crippen LogP contribution in [0.25, 0.3) is 0 Å². The molecule has 0 atom stereocenters. The van der Waals surface area contributed by atoms with Gasteiger partial charge in [0.15, 0.2) is 0 Å². The molecule has 1 heterocycles. The number of rotatable bonds is 8. The Morgan fingerprint density at radius 2 is 1.88 bits per heavy atom. The summed E-state index contributed by atoms with van der Waals surface area (Å²) in [5.41, 5.74) is 2.79. The SMILES string of the molecule is C=CCc1cnc(Nc2cc(NC(=O)Nc3ccc(F)cc3)ccc2C)o1.C=NCCC. The van der Waals surface area contributed by atoms with Crippen LogP contribution < -0.4 is 16.0 Å². The predicted molar refractivity (Wildman–Crippen MR) is 129 cm³/mol. The van der Waals surface area contributed by atoms with E-state index in [4.69, 9.17) is 4.42 Å². The van der Waals surface area contributed by atoms with E-state index in [9.17, 15) is 9.18 Å². The second-order valence-corrected chi connectivity index (χ2v) is 6.81. The number of aryl methyl sites for hydroxylation is 1. The molecular weight excluding hydrogens is 409 g/mol. The molecule has 0 spiro atoms. The smallest absolute Gasteiger partial charge is 0.323 e. The van der Waals surface area contributed by atoms with E-state index in [1.807, 2.05) is 13.0 Å². The van der Waals surface area contributed by atoms with Gasteiger partial charge < -0.3 is 25.4 Å². The van der Waals surface area contributed by atoms with Crippen molar-refractivity contribution in [3.63, 3.8) is 0 Å². The maximum absolute atomic E-state index is 12.9. The van der Waals surface area contributed by atoms with Crippen LogP contribution in [0, 0.1) is 12.7 Å². The first kappa shape index (κ1) is 24.3. The van der Waals surface area contributed by atoms with E-state index in [1.54, 1.807) is 24.4 Å². The van der Waals surface area contributed by atoms with Crippen LogP contribution >= 0.6 is 0 Å². The molecule has 0 fully saturated rings. The Morgan fingerprint density at radius 1 is 1.19 bits per heavy atom. The molecule has 3 aromatic rings. The lowest BCUT2D eigenvalue weighted by molar-refractivity contribution is 0.262. The van der Waals surface area contributed by atoms with Crippen LogP contribution in [0.5, 0.6) is 0 Å². The fraction of sp³-hybridized carbons (Fsp3) is 0.208. The molecule has 168 valence electrons. The highest BCUT2D eigenvalue weighted by molar-refractivity contribution is 6.00. The highest BCUT2D eigenvalue weighted by Gasteiger charge is 2.08. The third-order valence-corrected chi connectivity index (χ3v) is 4.12. The average Bonchev–Trinajstić information content (AvgIpc) is 3.20. The highest BCUT2D eigenvalue weighted by Crippen LogP contribution is 2.24. The van der Waals surface area contributed by atoms with Gasteiger partial charge in [0.1, 0.15) is 11.6 Å². The number of halogens is 1. The van der Waals surface area contributed by atoms with E-state index in [0.717, 1.165) is 24.2 Å². The van der Waals surface area contributed by atoms with Gasteiger partial charge in [0.2, 0.25) is 0 Å². The molecule has 0 aliphatic heterocycles. The van der Waals surface area contributed by atoms with Crippen LogP contribution in [-0.4, -0.2) is 24.3 Å². The molecule has 3 N–H and O–H groups in total. The van der Waals surface area contributed by atoms with Gasteiger partial charge in [-0.2, -0.15) is 0 Å². The van der Waals surface area contributed by atoms with E-state index in [0.29, 0.717) is 29.6 Å². The number of aliphatic imine (C=N–C) groups is 1. The summed E-state index contributed by atoms with van der Waals surface area (Å²) in [4.78, 5) is 19.9. The average molecular weight is 438 g/mol. The number of hydrogen-bond acceptors (Lipinski definition) is 5. The molecule has 0 aliphatic carbocycles. The zero-order chi connectivity index (χ0) is 23.3. The molecule has 0 saturated heterocycles. The maximum Gasteiger partial charge on any atom is 0.323 e. The number of nitrogens with zero attached hydrogens (tertiary/aromatic N) is 2. The standard InChI is InChI=1S/C20H19FN4O2.C4H9N/c1-3-4-17-12-22-20(27-17)25-18-11-16(8-5-13(18)2)24-19(26)23-15-9-6-14(21)7-10-15;1-3-4-5-2/h3,5-12H,1,4H2,2H3,(H,22,25)(H2,23,24,26);2-4H2,1H3. The van der Waals surface area contributed by atoms with Gasteiger partial charge in [-0.15, -0.1) is 6.58 Å². The number of urea groups is 1. The molecule has 2 amide bonds. The Morgan fingerprint density at radius 3 is 2.50 bits per heavy atom. The summed E-state index contributed by atoms with van der Waals surface area (Å²) in [6.07, 6.45) is 5.08. The monoisotopic (exact) mass is 437 g/mol. The van der Waals surface area contributed by atoms with E-state index in [1.165, 1.54) is 24.3 Å². The number of amides is 2. The number of anilines is 4. The number of carbonyl (C=O) groups excluding carboxylic acids is 1. The van der Waals surface area contributed by atoms with Gasteiger partial charge >= 0.3 is 6.03 Å². The van der Waals surface area contributed by atoms with Crippen molar-refractivity contribution >= 4 is 35.8 Å². The number of oxazole rings is 1. The van der Waals surface area contributed by atoms with Crippen LogP contribution in [0.3, 0.4) is 0 Å². The summed E-state index contributed by atoms with van der Waals surface area (Å²) in [6, 6.07) is 10.9. The van der Waals surface area contributed by atoms with Crippen molar-refractivity contribution in [3.8, 4) is 0 Å². The van der Waals surface area contributed by atoms with Gasteiger partial charge in [0.25, 0.3) is 6.01 Å². The Kier molecular flexibility index (Phi) is 9.65. The van der Waals surface area contributed by atoms with E-state index in [-0.39, 0.29) is 5.82 Å². The Labute approximate surface area is 187 Å². The van der Waals surface area contributed by atoms with Crippen molar-refractivity contribution < 1.29 is 13.6 Å². The Balaban J connectivity index is 0.000000654. The molecule has 0 saturated carbocycles. The first-order chi connectivity index (χ1) is 15.4. The predicted octanol–water partition coefficient (Wildman–Crippen LogP) is 6.34. The third-order valence-electron chi connectivity index (χ3n) is 4.12. The lowest BCUT2D eigenvalue weighted by atomic mass is 10.2. The van der Waals surface area contributed by atoms with Gasteiger partial charge in [-0.1, -0.05) is 19.1 Å². The molecule has 2 aromatic carbocycles. The zero-order valence-corrected chi connectivity index (χ0v) is 18.3. The van der Waals surface area contributed by atoms with Gasteiger partial charge in [-0.25, -0.2) is 14.2 Å². The van der Waals surface area contributed by atoms with Crippen LogP contribution in [0.1, 0.15) is 24.7 Å². The first-order valence-electron chi connectivity index (χ1n) is 10.1. The quantitative estimate of drug-likeness (QED) is 0.283. The van der Waals surface area contributed by atoms with Crippen molar-refractivity contribution in [1.29, 1.82) is 0 Å². The minimum absolute atomic E-state index is 0.363. The molecule has 1 aromatic heterocycles. The summed E-state index contributed by atoms with van der Waals surface area (Å²) < 4.78 is 18.5. The van der Waals surface area contributed by atoms with Gasteiger partial charge in [0, 0.05) is 30.0 Å². The van der Waals surface area contributed by atoms with Gasteiger partial charge in [-0.3, -0.25) is 0 Å². The summed E-state index contributed by atoms with van der Waals surface area (Å²) in [6.45, 7) is 11.9. The van der Waals surface area contributed by atoms with Crippen molar-refractivity contribution in [2.24, 2.45) is 4.99 Å². The van der Waals surface area contributed by atoms with E-state index in [2.05, 4.69) is 46.1 Å². The van der Waals surface area contributed by atoms with E-state index >= 15 is 0 Å². The summed E-state index contributed by atoms with van der Waals surface area (Å²) in [5.74, 6) is 0.344. The van der Waals surface area contributed by atoms with E-state index < -0.39 is 6.03 Å². The molecule has 0 radical (unpaired) electrons. The number of carbonyl (C=O) groups is 1. The minimum atomic E-state index is -0.430. The number of nitrogens with one attached hydrogen (secondary N) is 3. The molecule has 3 rings (SSSR count). The first-order valence-corrected chi connectivity index (χ1v) is 10.1. The fourth-order valence-corrected chi connectivity index (χ4v) is 2.54. The van der Waals surface area contributed by atoms with Crippen molar-refractivity contribution in [2.75, 3.05) is 22.5 Å². The molecule has 7 nitrogen and oxygen atoms in total. The summed E-state index contributed by atoms with van der Waals surface area (Å²) in [5, 5.41) is 8.47. The fourth-order valence-electron chi connectivity index (χ4n) is 2.54. The number of benzene rings is 2. The second kappa shape index (κ2) is 12.7. The maximum atomic E-state index is 12.9. The van der Waals surface area contributed by atoms with Gasteiger partial charge in [-0.05, 0) is 62.0 Å². The van der Waals surface area contributed by atoms with Crippen molar-refractivity contribution in [1.82, 2.24) is 4.98 Å². The molecule has 8 heteroatoms. The van der Waals surface area contributed by atoms with Crippen LogP contribution in [0.15, 0.2) is 70.7 Å². The highest BCUT2D eigenvalue weighted by atomic mass is 19.1. The van der Waals surface area contributed by atoms with Crippen LogP contribution in [0.4, 0.5) is 32.3 Å². The van der Waals surface area contributed by atoms with Gasteiger partial charge in [0.05, 0.1) is 6.20 Å².